The van der Waals surface area contributed by atoms with E-state index in [-0.39, 0.29) is 11.1 Å². The molecule has 1 saturated heterocycles. The summed E-state index contributed by atoms with van der Waals surface area (Å²) in [5.41, 5.74) is 1.07. The van der Waals surface area contributed by atoms with E-state index in [4.69, 9.17) is 0 Å². The van der Waals surface area contributed by atoms with Gasteiger partial charge in [0.1, 0.15) is 0 Å². The summed E-state index contributed by atoms with van der Waals surface area (Å²) in [6, 6.07) is 8.22. The first-order valence-corrected chi connectivity index (χ1v) is 10.0. The lowest BCUT2D eigenvalue weighted by Gasteiger charge is -2.43. The third-order valence-corrected chi connectivity index (χ3v) is 6.12. The Labute approximate surface area is 165 Å². The molecule has 0 saturated carbocycles. The number of fused-ring (bicyclic) bond motifs is 3. The molecule has 1 aliphatic heterocycles. The molecule has 7 nitrogen and oxygen atoms in total. The first-order valence-electron chi connectivity index (χ1n) is 10.0. The lowest BCUT2D eigenvalue weighted by molar-refractivity contribution is 0.0624. The van der Waals surface area contributed by atoms with Crippen molar-refractivity contribution in [2.45, 2.75) is 51.7 Å². The van der Waals surface area contributed by atoms with Crippen molar-refractivity contribution in [2.24, 2.45) is 7.05 Å². The lowest BCUT2D eigenvalue weighted by atomic mass is 9.97. The minimum absolute atomic E-state index is 0.0371. The van der Waals surface area contributed by atoms with E-state index in [2.05, 4.69) is 47.8 Å². The van der Waals surface area contributed by atoms with Gasteiger partial charge >= 0.3 is 0 Å². The van der Waals surface area contributed by atoms with Gasteiger partial charge in [-0.2, -0.15) is 0 Å². The molecule has 4 rings (SSSR count). The Kier molecular flexibility index (Phi) is 4.75. The second-order valence-corrected chi connectivity index (χ2v) is 8.94. The fourth-order valence-electron chi connectivity index (χ4n) is 4.32. The summed E-state index contributed by atoms with van der Waals surface area (Å²) in [5, 5.41) is 9.44. The summed E-state index contributed by atoms with van der Waals surface area (Å²) >= 11 is 0. The van der Waals surface area contributed by atoms with E-state index in [1.807, 2.05) is 28.7 Å². The summed E-state index contributed by atoms with van der Waals surface area (Å²) in [5.74, 6) is 1.47. The molecule has 0 radical (unpaired) electrons. The normalized spacial score (nSPS) is 17.2. The first kappa shape index (κ1) is 19.1. The molecule has 7 heteroatoms. The molecule has 3 aromatic rings. The molecule has 1 aromatic carbocycles. The van der Waals surface area contributed by atoms with E-state index in [0.717, 1.165) is 37.3 Å². The van der Waals surface area contributed by atoms with Crippen LogP contribution in [0.3, 0.4) is 0 Å². The van der Waals surface area contributed by atoms with Crippen LogP contribution in [0.2, 0.25) is 0 Å². The largest absolute Gasteiger partial charge is 0.298 e. The molecule has 0 unspecified atom stereocenters. The van der Waals surface area contributed by atoms with Crippen LogP contribution in [0.1, 0.15) is 39.4 Å². The molecule has 150 valence electrons. The van der Waals surface area contributed by atoms with Gasteiger partial charge in [0.15, 0.2) is 5.82 Å². The van der Waals surface area contributed by atoms with Gasteiger partial charge in [0.25, 0.3) is 5.56 Å². The molecule has 0 amide bonds. The van der Waals surface area contributed by atoms with Crippen LogP contribution in [0.25, 0.3) is 16.7 Å². The first-order chi connectivity index (χ1) is 13.3. The van der Waals surface area contributed by atoms with Gasteiger partial charge in [0.2, 0.25) is 5.78 Å². The Morgan fingerprint density at radius 3 is 2.50 bits per heavy atom. The van der Waals surface area contributed by atoms with Crippen LogP contribution >= 0.6 is 0 Å². The summed E-state index contributed by atoms with van der Waals surface area (Å²) in [6.07, 6.45) is 2.31. The topological polar surface area (TPSA) is 58.7 Å². The average Bonchev–Trinajstić information content (AvgIpc) is 3.09. The SMILES string of the molecule is CN(Cc1nnc2n(C)c(=O)c3ccccc3n12)C1CCN(C(C)(C)C)CC1. The van der Waals surface area contributed by atoms with Gasteiger partial charge in [-0.25, -0.2) is 0 Å². The van der Waals surface area contributed by atoms with Crippen LogP contribution in [0.5, 0.6) is 0 Å². The molecule has 0 N–H and O–H groups in total. The highest BCUT2D eigenvalue weighted by Gasteiger charge is 2.29. The molecule has 0 spiro atoms. The molecule has 1 aliphatic rings. The van der Waals surface area contributed by atoms with E-state index in [1.54, 1.807) is 11.6 Å². The Hall–Kier alpha value is -2.25. The van der Waals surface area contributed by atoms with E-state index in [0.29, 0.717) is 23.8 Å². The standard InChI is InChI=1S/C21H30N6O/c1-21(2,3)26-12-10-15(11-13-26)24(4)14-18-22-23-20-25(5)19(28)16-8-6-7-9-17(16)27(18)20/h6-9,15H,10-14H2,1-5H3. The van der Waals surface area contributed by atoms with Crippen molar-refractivity contribution in [2.75, 3.05) is 20.1 Å². The van der Waals surface area contributed by atoms with Gasteiger partial charge in [-0.05, 0) is 52.8 Å². The van der Waals surface area contributed by atoms with Gasteiger partial charge in [-0.15, -0.1) is 10.2 Å². The van der Waals surface area contributed by atoms with E-state index >= 15 is 0 Å². The van der Waals surface area contributed by atoms with E-state index < -0.39 is 0 Å². The maximum Gasteiger partial charge on any atom is 0.262 e. The van der Waals surface area contributed by atoms with Crippen LogP contribution in [-0.2, 0) is 13.6 Å². The molecule has 0 atom stereocenters. The van der Waals surface area contributed by atoms with Gasteiger partial charge in [0.05, 0.1) is 17.4 Å². The van der Waals surface area contributed by atoms with E-state index in [9.17, 15) is 4.79 Å². The number of hydrogen-bond donors (Lipinski definition) is 0. The molecule has 2 aromatic heterocycles. The van der Waals surface area contributed by atoms with Gasteiger partial charge in [-0.1, -0.05) is 12.1 Å². The number of aromatic nitrogens is 4. The third-order valence-electron chi connectivity index (χ3n) is 6.12. The number of rotatable bonds is 3. The summed E-state index contributed by atoms with van der Waals surface area (Å²) in [7, 11) is 3.93. The molecule has 0 bridgehead atoms. The zero-order valence-corrected chi connectivity index (χ0v) is 17.5. The average molecular weight is 383 g/mol. The third kappa shape index (κ3) is 3.22. The number of benzene rings is 1. The van der Waals surface area contributed by atoms with Crippen molar-refractivity contribution in [3.05, 3.63) is 40.4 Å². The predicted molar refractivity (Wildman–Crippen MR) is 112 cm³/mol. The quantitative estimate of drug-likeness (QED) is 0.696. The number of nitrogens with zero attached hydrogens (tertiary/aromatic N) is 6. The van der Waals surface area contributed by atoms with Crippen LogP contribution < -0.4 is 5.56 Å². The van der Waals surface area contributed by atoms with Crippen molar-refractivity contribution in [1.29, 1.82) is 0 Å². The Morgan fingerprint density at radius 1 is 1.14 bits per heavy atom. The molecule has 3 heterocycles. The van der Waals surface area contributed by atoms with Gasteiger partial charge in [-0.3, -0.25) is 23.6 Å². The highest BCUT2D eigenvalue weighted by Crippen LogP contribution is 2.23. The second-order valence-electron chi connectivity index (χ2n) is 8.94. The maximum absolute atomic E-state index is 12.6. The molecular formula is C21H30N6O. The highest BCUT2D eigenvalue weighted by molar-refractivity contribution is 5.80. The Morgan fingerprint density at radius 2 is 1.82 bits per heavy atom. The van der Waals surface area contributed by atoms with Crippen molar-refractivity contribution in [1.82, 2.24) is 29.0 Å². The fourth-order valence-corrected chi connectivity index (χ4v) is 4.32. The second kappa shape index (κ2) is 6.97. The summed E-state index contributed by atoms with van der Waals surface area (Å²) < 4.78 is 3.61. The number of piperidine rings is 1. The number of aryl methyl sites for hydroxylation is 1. The molecule has 0 aliphatic carbocycles. The van der Waals surface area contributed by atoms with E-state index in [1.165, 1.54) is 0 Å². The van der Waals surface area contributed by atoms with Gasteiger partial charge in [0, 0.05) is 31.7 Å². The monoisotopic (exact) mass is 382 g/mol. The Balaban J connectivity index is 1.62. The smallest absolute Gasteiger partial charge is 0.262 e. The minimum atomic E-state index is -0.0371. The van der Waals surface area contributed by atoms with Crippen molar-refractivity contribution < 1.29 is 0 Å². The number of para-hydroxylation sites is 1. The van der Waals surface area contributed by atoms with Crippen molar-refractivity contribution in [3.63, 3.8) is 0 Å². The van der Waals surface area contributed by atoms with Crippen molar-refractivity contribution >= 4 is 16.7 Å². The van der Waals surface area contributed by atoms with Crippen LogP contribution in [0, 0.1) is 0 Å². The fraction of sp³-hybridized carbons (Fsp3) is 0.571. The number of hydrogen-bond acceptors (Lipinski definition) is 5. The maximum atomic E-state index is 12.6. The van der Waals surface area contributed by atoms with Crippen LogP contribution in [-0.4, -0.2) is 60.7 Å². The van der Waals surface area contributed by atoms with Crippen molar-refractivity contribution in [3.8, 4) is 0 Å². The molecular weight excluding hydrogens is 352 g/mol. The lowest BCUT2D eigenvalue weighted by Crippen LogP contribution is -2.50. The highest BCUT2D eigenvalue weighted by atomic mass is 16.1. The number of likely N-dealkylation sites (tertiary alicyclic amines) is 1. The zero-order chi connectivity index (χ0) is 20.1. The van der Waals surface area contributed by atoms with Crippen LogP contribution in [0.4, 0.5) is 0 Å². The van der Waals surface area contributed by atoms with Gasteiger partial charge < -0.3 is 0 Å². The summed E-state index contributed by atoms with van der Waals surface area (Å²) in [4.78, 5) is 17.5. The molecule has 1 fully saturated rings. The van der Waals surface area contributed by atoms with Crippen LogP contribution in [0.15, 0.2) is 29.1 Å². The molecule has 28 heavy (non-hydrogen) atoms. The summed E-state index contributed by atoms with van der Waals surface area (Å²) in [6.45, 7) is 9.81. The minimum Gasteiger partial charge on any atom is -0.298 e. The predicted octanol–water partition coefficient (Wildman–Crippen LogP) is 2.28. The zero-order valence-electron chi connectivity index (χ0n) is 17.5. The Bertz CT molecular complexity index is 1050.